The number of carbonyl (C=O) groups excluding carboxylic acids is 1. The minimum atomic E-state index is -0.506. The third-order valence-electron chi connectivity index (χ3n) is 6.00. The van der Waals surface area contributed by atoms with E-state index < -0.39 is 5.54 Å². The van der Waals surface area contributed by atoms with Crippen LogP contribution in [0.2, 0.25) is 0 Å². The standard InChI is InChI=1S/C25H28N4O/c1-4-29-19(3)23(18(2)28-29)24(30)27-25(13-8-5-9-14-25)15-12-20-16-21-10-6-7-11-22(21)26-17-20/h6-7,10-11,16-17H,4-5,8-9,13-14H2,1-3H3,(H,27,30). The Kier molecular flexibility index (Phi) is 5.59. The number of nitrogens with one attached hydrogen (secondary N) is 1. The number of hydrogen-bond donors (Lipinski definition) is 1. The quantitative estimate of drug-likeness (QED) is 0.656. The van der Waals surface area contributed by atoms with E-state index in [1.807, 2.05) is 55.9 Å². The number of fused-ring (bicyclic) bond motifs is 1. The third kappa shape index (κ3) is 3.95. The van der Waals surface area contributed by atoms with Crippen LogP contribution in [-0.4, -0.2) is 26.2 Å². The number of hydrogen-bond acceptors (Lipinski definition) is 3. The highest BCUT2D eigenvalue weighted by molar-refractivity contribution is 5.97. The second kappa shape index (κ2) is 8.31. The van der Waals surface area contributed by atoms with Gasteiger partial charge in [0, 0.05) is 29.4 Å². The molecular formula is C25H28N4O. The van der Waals surface area contributed by atoms with Gasteiger partial charge in [0.1, 0.15) is 5.54 Å². The van der Waals surface area contributed by atoms with Gasteiger partial charge >= 0.3 is 0 Å². The van der Waals surface area contributed by atoms with Crippen LogP contribution in [-0.2, 0) is 6.54 Å². The maximum atomic E-state index is 13.2. The number of amides is 1. The van der Waals surface area contributed by atoms with Crippen LogP contribution in [0.25, 0.3) is 10.9 Å². The second-order valence-corrected chi connectivity index (χ2v) is 8.13. The van der Waals surface area contributed by atoms with Gasteiger partial charge in [-0.15, -0.1) is 0 Å². The normalized spacial score (nSPS) is 15.4. The number of pyridine rings is 1. The Hall–Kier alpha value is -3.13. The van der Waals surface area contributed by atoms with Crippen LogP contribution in [0.4, 0.5) is 0 Å². The lowest BCUT2D eigenvalue weighted by Gasteiger charge is -2.33. The topological polar surface area (TPSA) is 59.8 Å². The molecule has 1 aromatic carbocycles. The van der Waals surface area contributed by atoms with Crippen molar-refractivity contribution in [1.82, 2.24) is 20.1 Å². The van der Waals surface area contributed by atoms with E-state index in [0.29, 0.717) is 5.56 Å². The van der Waals surface area contributed by atoms with Gasteiger partial charge in [-0.3, -0.25) is 14.5 Å². The van der Waals surface area contributed by atoms with Crippen molar-refractivity contribution in [2.75, 3.05) is 0 Å². The van der Waals surface area contributed by atoms with Crippen molar-refractivity contribution in [1.29, 1.82) is 0 Å². The lowest BCUT2D eigenvalue weighted by atomic mass is 9.81. The van der Waals surface area contributed by atoms with Crippen molar-refractivity contribution in [3.8, 4) is 11.8 Å². The molecule has 1 N–H and O–H groups in total. The van der Waals surface area contributed by atoms with Crippen molar-refractivity contribution in [2.45, 2.75) is 65.0 Å². The summed E-state index contributed by atoms with van der Waals surface area (Å²) in [5, 5.41) is 8.86. The van der Waals surface area contributed by atoms with Gasteiger partial charge in [-0.25, -0.2) is 0 Å². The lowest BCUT2D eigenvalue weighted by molar-refractivity contribution is 0.0902. The van der Waals surface area contributed by atoms with E-state index >= 15 is 0 Å². The third-order valence-corrected chi connectivity index (χ3v) is 6.00. The predicted octanol–water partition coefficient (Wildman–Crippen LogP) is 4.55. The molecule has 0 atom stereocenters. The van der Waals surface area contributed by atoms with Gasteiger partial charge in [0.2, 0.25) is 0 Å². The van der Waals surface area contributed by atoms with E-state index in [1.54, 1.807) is 0 Å². The predicted molar refractivity (Wildman–Crippen MR) is 119 cm³/mol. The van der Waals surface area contributed by atoms with E-state index in [1.165, 1.54) is 6.42 Å². The first-order chi connectivity index (χ1) is 14.5. The highest BCUT2D eigenvalue weighted by atomic mass is 16.1. The molecule has 1 aliphatic rings. The molecule has 5 nitrogen and oxygen atoms in total. The van der Waals surface area contributed by atoms with Crippen LogP contribution >= 0.6 is 0 Å². The van der Waals surface area contributed by atoms with Gasteiger partial charge in [-0.1, -0.05) is 49.3 Å². The molecule has 1 amide bonds. The molecule has 0 saturated heterocycles. The molecule has 0 aliphatic heterocycles. The number of benzene rings is 1. The van der Waals surface area contributed by atoms with Gasteiger partial charge in [0.25, 0.3) is 5.91 Å². The van der Waals surface area contributed by atoms with Gasteiger partial charge in [-0.05, 0) is 45.7 Å². The molecule has 1 saturated carbocycles. The summed E-state index contributed by atoms with van der Waals surface area (Å²) in [6.07, 6.45) is 6.86. The SMILES string of the molecule is CCn1nc(C)c(C(=O)NC2(C#Cc3cnc4ccccc4c3)CCCCC2)c1C. The zero-order valence-electron chi connectivity index (χ0n) is 18.0. The van der Waals surface area contributed by atoms with Crippen LogP contribution in [0.15, 0.2) is 36.5 Å². The molecule has 2 aromatic heterocycles. The molecule has 30 heavy (non-hydrogen) atoms. The van der Waals surface area contributed by atoms with Gasteiger partial charge in [0.05, 0.1) is 16.8 Å². The zero-order chi connectivity index (χ0) is 21.1. The first-order valence-corrected chi connectivity index (χ1v) is 10.8. The monoisotopic (exact) mass is 400 g/mol. The summed E-state index contributed by atoms with van der Waals surface area (Å²) in [6.45, 7) is 6.64. The van der Waals surface area contributed by atoms with Crippen molar-refractivity contribution in [2.24, 2.45) is 0 Å². The van der Waals surface area contributed by atoms with Gasteiger partial charge < -0.3 is 5.32 Å². The number of carbonyl (C=O) groups is 1. The Morgan fingerprint density at radius 2 is 1.97 bits per heavy atom. The van der Waals surface area contributed by atoms with E-state index in [-0.39, 0.29) is 5.91 Å². The van der Waals surface area contributed by atoms with E-state index in [0.717, 1.165) is 60.1 Å². The summed E-state index contributed by atoms with van der Waals surface area (Å²) in [4.78, 5) is 17.7. The number of para-hydroxylation sites is 1. The fraction of sp³-hybridized carbons (Fsp3) is 0.400. The molecule has 5 heteroatoms. The Morgan fingerprint density at radius 1 is 1.20 bits per heavy atom. The minimum absolute atomic E-state index is 0.0717. The van der Waals surface area contributed by atoms with Crippen molar-refractivity contribution < 1.29 is 4.79 Å². The fourth-order valence-electron chi connectivity index (χ4n) is 4.38. The summed E-state index contributed by atoms with van der Waals surface area (Å²) in [7, 11) is 0. The molecule has 3 aromatic rings. The van der Waals surface area contributed by atoms with Crippen LogP contribution in [0, 0.1) is 25.7 Å². The maximum absolute atomic E-state index is 13.2. The highest BCUT2D eigenvalue weighted by Crippen LogP contribution is 2.29. The van der Waals surface area contributed by atoms with E-state index in [2.05, 4.69) is 33.3 Å². The maximum Gasteiger partial charge on any atom is 0.256 e. The van der Waals surface area contributed by atoms with E-state index in [4.69, 9.17) is 0 Å². The van der Waals surface area contributed by atoms with E-state index in [9.17, 15) is 4.79 Å². The van der Waals surface area contributed by atoms with Crippen molar-refractivity contribution in [3.05, 3.63) is 59.0 Å². The smallest absolute Gasteiger partial charge is 0.256 e. The first kappa shape index (κ1) is 20.2. The molecule has 1 aliphatic carbocycles. The Bertz CT molecular complexity index is 1140. The number of aromatic nitrogens is 3. The summed E-state index contributed by atoms with van der Waals surface area (Å²) in [5.74, 6) is 6.66. The van der Waals surface area contributed by atoms with Crippen LogP contribution < -0.4 is 5.32 Å². The molecule has 0 radical (unpaired) electrons. The average molecular weight is 401 g/mol. The minimum Gasteiger partial charge on any atom is -0.336 e. The summed E-state index contributed by atoms with van der Waals surface area (Å²) in [6, 6.07) is 10.1. The van der Waals surface area contributed by atoms with Gasteiger partial charge in [-0.2, -0.15) is 5.10 Å². The van der Waals surface area contributed by atoms with Crippen molar-refractivity contribution >= 4 is 16.8 Å². The summed E-state index contributed by atoms with van der Waals surface area (Å²) >= 11 is 0. The number of aryl methyl sites for hydroxylation is 2. The molecule has 1 fully saturated rings. The average Bonchev–Trinajstić information content (AvgIpc) is 3.06. The molecule has 154 valence electrons. The van der Waals surface area contributed by atoms with Crippen LogP contribution in [0.3, 0.4) is 0 Å². The molecule has 4 rings (SSSR count). The molecule has 0 bridgehead atoms. The molecule has 0 spiro atoms. The Balaban J connectivity index is 1.64. The van der Waals surface area contributed by atoms with Crippen LogP contribution in [0.1, 0.15) is 66.3 Å². The van der Waals surface area contributed by atoms with Crippen LogP contribution in [0.5, 0.6) is 0 Å². The second-order valence-electron chi connectivity index (χ2n) is 8.13. The first-order valence-electron chi connectivity index (χ1n) is 10.8. The summed E-state index contributed by atoms with van der Waals surface area (Å²) in [5.41, 5.74) is 3.68. The molecule has 2 heterocycles. The van der Waals surface area contributed by atoms with Crippen molar-refractivity contribution in [3.63, 3.8) is 0 Å². The zero-order valence-corrected chi connectivity index (χ0v) is 18.0. The highest BCUT2D eigenvalue weighted by Gasteiger charge is 2.33. The fourth-order valence-corrected chi connectivity index (χ4v) is 4.38. The summed E-state index contributed by atoms with van der Waals surface area (Å²) < 4.78 is 1.88. The molecule has 0 unspecified atom stereocenters. The largest absolute Gasteiger partial charge is 0.336 e. The lowest BCUT2D eigenvalue weighted by Crippen LogP contribution is -2.49. The van der Waals surface area contributed by atoms with Gasteiger partial charge in [0.15, 0.2) is 0 Å². The number of nitrogens with zero attached hydrogens (tertiary/aromatic N) is 3. The molecular weight excluding hydrogens is 372 g/mol. The Morgan fingerprint density at radius 3 is 2.70 bits per heavy atom. The number of rotatable bonds is 3. The Labute approximate surface area is 177 Å².